The number of ether oxygens (including phenoxy) is 4. The lowest BCUT2D eigenvalue weighted by molar-refractivity contribution is 0.00754. The Bertz CT molecular complexity index is 1050. The quantitative estimate of drug-likeness (QED) is 0.503. The van der Waals surface area contributed by atoms with Crippen LogP contribution >= 0.6 is 15.9 Å². The van der Waals surface area contributed by atoms with Gasteiger partial charge in [0.1, 0.15) is 17.2 Å². The Labute approximate surface area is 208 Å². The number of nitrogens with one attached hydrogen (secondary N) is 1. The Morgan fingerprint density at radius 1 is 1.09 bits per heavy atom. The minimum absolute atomic E-state index is 0.0339. The molecule has 0 spiro atoms. The molecule has 2 aromatic rings. The van der Waals surface area contributed by atoms with E-state index >= 15 is 0 Å². The van der Waals surface area contributed by atoms with Crippen LogP contribution in [0, 0.1) is 5.92 Å². The van der Waals surface area contributed by atoms with Crippen molar-refractivity contribution in [3.8, 4) is 17.2 Å². The molecule has 1 unspecified atom stereocenters. The van der Waals surface area contributed by atoms with E-state index in [1.165, 1.54) is 26.4 Å². The van der Waals surface area contributed by atoms with Crippen LogP contribution in [0.3, 0.4) is 0 Å². The Hall–Kier alpha value is -2.74. The number of carbonyl (C=O) groups excluding carboxylic acids is 2. The number of halogens is 1. The van der Waals surface area contributed by atoms with Crippen molar-refractivity contribution in [3.05, 3.63) is 52.0 Å². The molecule has 1 fully saturated rings. The first kappa shape index (κ1) is 24.4. The van der Waals surface area contributed by atoms with Crippen molar-refractivity contribution in [1.82, 2.24) is 5.32 Å². The number of benzene rings is 2. The molecule has 1 amide bonds. The van der Waals surface area contributed by atoms with Crippen LogP contribution in [0.5, 0.6) is 17.2 Å². The van der Waals surface area contributed by atoms with Gasteiger partial charge in [-0.2, -0.15) is 0 Å². The maximum atomic E-state index is 13.5. The summed E-state index contributed by atoms with van der Waals surface area (Å²) in [4.78, 5) is 26.4. The molecule has 1 aliphatic carbocycles. The van der Waals surface area contributed by atoms with Crippen molar-refractivity contribution in [3.63, 3.8) is 0 Å². The first-order valence-corrected chi connectivity index (χ1v) is 12.4. The van der Waals surface area contributed by atoms with Crippen LogP contribution in [0.15, 0.2) is 40.9 Å². The minimum atomic E-state index is -1.15. The average Bonchev–Trinajstić information content (AvgIpc) is 2.85. The summed E-state index contributed by atoms with van der Waals surface area (Å²) in [7, 11) is 3.11. The molecule has 0 aromatic heterocycles. The van der Waals surface area contributed by atoms with E-state index in [0.717, 1.165) is 12.8 Å². The first-order chi connectivity index (χ1) is 16.4. The van der Waals surface area contributed by atoms with E-state index in [9.17, 15) is 9.59 Å². The molecule has 1 N–H and O–H groups in total. The Balaban J connectivity index is 1.60. The van der Waals surface area contributed by atoms with E-state index in [1.54, 1.807) is 37.4 Å². The Kier molecular flexibility index (Phi) is 7.66. The predicted molar refractivity (Wildman–Crippen MR) is 131 cm³/mol. The van der Waals surface area contributed by atoms with Crippen LogP contribution in [-0.4, -0.2) is 38.2 Å². The van der Waals surface area contributed by atoms with Crippen LogP contribution in [0.1, 0.15) is 61.1 Å². The van der Waals surface area contributed by atoms with Crippen LogP contribution in [-0.2, 0) is 4.74 Å². The van der Waals surface area contributed by atoms with E-state index in [2.05, 4.69) is 21.2 Å². The first-order valence-electron chi connectivity index (χ1n) is 11.6. The summed E-state index contributed by atoms with van der Waals surface area (Å²) in [5.74, 6) is 1.66. The van der Waals surface area contributed by atoms with Crippen molar-refractivity contribution in [2.75, 3.05) is 14.2 Å². The zero-order valence-electron chi connectivity index (χ0n) is 19.6. The third-order valence-electron chi connectivity index (χ3n) is 6.68. The summed E-state index contributed by atoms with van der Waals surface area (Å²) in [5, 5.41) is 2.94. The second-order valence-electron chi connectivity index (χ2n) is 8.82. The van der Waals surface area contributed by atoms with Crippen molar-refractivity contribution in [2.45, 2.75) is 57.3 Å². The SMILES string of the molecule is COc1ccc2c(c1)C(=O)C(OC(=O)N[C@H](C)C1CCCCC1)[C@H](c1ccc(OC)c(Br)c1)O2. The third-order valence-corrected chi connectivity index (χ3v) is 7.30. The summed E-state index contributed by atoms with van der Waals surface area (Å²) < 4.78 is 23.3. The molecule has 0 bridgehead atoms. The fourth-order valence-electron chi connectivity index (χ4n) is 4.73. The standard InChI is InChI=1S/C26H30BrNO6/c1-15(16-7-5-4-6-8-16)28-26(30)34-25-23(29)19-14-18(31-2)10-12-21(19)33-24(25)17-9-11-22(32-3)20(27)13-17/h9-16,24-25H,4-8H2,1-3H3,(H,28,30)/t15-,24+,25?/m1/s1. The minimum Gasteiger partial charge on any atom is -0.497 e. The molecule has 3 atom stereocenters. The number of carbonyl (C=O) groups is 2. The lowest BCUT2D eigenvalue weighted by atomic mass is 9.85. The van der Waals surface area contributed by atoms with Crippen LogP contribution in [0.4, 0.5) is 4.79 Å². The molecule has 1 saturated carbocycles. The van der Waals surface area contributed by atoms with E-state index in [4.69, 9.17) is 18.9 Å². The van der Waals surface area contributed by atoms with Gasteiger partial charge in [0, 0.05) is 6.04 Å². The van der Waals surface area contributed by atoms with Gasteiger partial charge in [-0.3, -0.25) is 4.79 Å². The van der Waals surface area contributed by atoms with Gasteiger partial charge in [-0.15, -0.1) is 0 Å². The summed E-state index contributed by atoms with van der Waals surface area (Å²) in [6, 6.07) is 10.4. The number of ketones is 1. The lowest BCUT2D eigenvalue weighted by Crippen LogP contribution is -2.45. The zero-order chi connectivity index (χ0) is 24.2. The average molecular weight is 532 g/mol. The Morgan fingerprint density at radius 3 is 2.53 bits per heavy atom. The van der Waals surface area contributed by atoms with Crippen LogP contribution in [0.25, 0.3) is 0 Å². The number of methoxy groups -OCH3 is 2. The molecular formula is C26H30BrNO6. The number of fused-ring (bicyclic) bond motifs is 1. The molecule has 182 valence electrons. The molecule has 1 heterocycles. The normalized spacial score (nSPS) is 21.1. The van der Waals surface area contributed by atoms with Gasteiger partial charge in [0.05, 0.1) is 24.3 Å². The van der Waals surface area contributed by atoms with Crippen molar-refractivity contribution in [2.24, 2.45) is 5.92 Å². The highest BCUT2D eigenvalue weighted by molar-refractivity contribution is 9.10. The van der Waals surface area contributed by atoms with Gasteiger partial charge in [0.2, 0.25) is 11.9 Å². The molecule has 2 aromatic carbocycles. The highest BCUT2D eigenvalue weighted by Gasteiger charge is 2.42. The van der Waals surface area contributed by atoms with Gasteiger partial charge in [0.25, 0.3) is 0 Å². The van der Waals surface area contributed by atoms with E-state index < -0.39 is 18.3 Å². The number of hydrogen-bond acceptors (Lipinski definition) is 6. The molecule has 4 rings (SSSR count). The van der Waals surface area contributed by atoms with Gasteiger partial charge in [0.15, 0.2) is 6.10 Å². The molecule has 7 nitrogen and oxygen atoms in total. The van der Waals surface area contributed by atoms with E-state index in [-0.39, 0.29) is 11.8 Å². The van der Waals surface area contributed by atoms with Gasteiger partial charge in [-0.1, -0.05) is 25.3 Å². The van der Waals surface area contributed by atoms with E-state index in [1.807, 2.05) is 13.0 Å². The zero-order valence-corrected chi connectivity index (χ0v) is 21.2. The maximum absolute atomic E-state index is 13.5. The molecule has 8 heteroatoms. The molecular weight excluding hydrogens is 502 g/mol. The van der Waals surface area contributed by atoms with Crippen molar-refractivity contribution >= 4 is 27.8 Å². The molecule has 0 radical (unpaired) electrons. The monoisotopic (exact) mass is 531 g/mol. The number of amides is 1. The van der Waals surface area contributed by atoms with Crippen LogP contribution < -0.4 is 19.5 Å². The van der Waals surface area contributed by atoms with Gasteiger partial charge < -0.3 is 24.3 Å². The van der Waals surface area contributed by atoms with Crippen molar-refractivity contribution in [1.29, 1.82) is 0 Å². The van der Waals surface area contributed by atoms with Crippen molar-refractivity contribution < 1.29 is 28.5 Å². The summed E-state index contributed by atoms with van der Waals surface area (Å²) >= 11 is 3.49. The third kappa shape index (κ3) is 5.17. The number of rotatable bonds is 6. The highest BCUT2D eigenvalue weighted by atomic mass is 79.9. The maximum Gasteiger partial charge on any atom is 0.408 e. The van der Waals surface area contributed by atoms with Gasteiger partial charge >= 0.3 is 6.09 Å². The number of Topliss-reactive ketones (excluding diaryl/α,β-unsaturated/α-hetero) is 1. The molecule has 34 heavy (non-hydrogen) atoms. The summed E-state index contributed by atoms with van der Waals surface area (Å²) in [6.07, 6.45) is 3.17. The second kappa shape index (κ2) is 10.7. The summed E-state index contributed by atoms with van der Waals surface area (Å²) in [6.45, 7) is 1.99. The fraction of sp³-hybridized carbons (Fsp3) is 0.462. The van der Waals surface area contributed by atoms with Gasteiger partial charge in [-0.25, -0.2) is 4.79 Å². The lowest BCUT2D eigenvalue weighted by Gasteiger charge is -2.33. The van der Waals surface area contributed by atoms with Crippen LogP contribution in [0.2, 0.25) is 0 Å². The largest absolute Gasteiger partial charge is 0.497 e. The number of hydrogen-bond donors (Lipinski definition) is 1. The summed E-state index contributed by atoms with van der Waals surface area (Å²) in [5.41, 5.74) is 1.00. The predicted octanol–water partition coefficient (Wildman–Crippen LogP) is 5.85. The topological polar surface area (TPSA) is 83.1 Å². The number of alkyl carbamates (subject to hydrolysis) is 1. The van der Waals surface area contributed by atoms with E-state index in [0.29, 0.717) is 38.8 Å². The molecule has 0 saturated heterocycles. The highest BCUT2D eigenvalue weighted by Crippen LogP contribution is 2.40. The fourth-order valence-corrected chi connectivity index (χ4v) is 5.28. The second-order valence-corrected chi connectivity index (χ2v) is 9.67. The Morgan fingerprint density at radius 2 is 1.85 bits per heavy atom. The van der Waals surface area contributed by atoms with Gasteiger partial charge in [-0.05, 0) is 77.5 Å². The molecule has 1 aliphatic heterocycles. The smallest absolute Gasteiger partial charge is 0.408 e. The molecule has 2 aliphatic rings.